The minimum absolute atomic E-state index is 0.0117. The maximum absolute atomic E-state index is 12.4. The summed E-state index contributed by atoms with van der Waals surface area (Å²) < 4.78 is 0. The maximum atomic E-state index is 12.4. The van der Waals surface area contributed by atoms with Crippen LogP contribution in [0.15, 0.2) is 59.4 Å². The molecular weight excluding hydrogens is 318 g/mol. The first-order chi connectivity index (χ1) is 12.2. The quantitative estimate of drug-likeness (QED) is 0.639. The Morgan fingerprint density at radius 3 is 2.60 bits per heavy atom. The third-order valence-electron chi connectivity index (χ3n) is 4.09. The van der Waals surface area contributed by atoms with E-state index in [1.807, 2.05) is 30.3 Å². The summed E-state index contributed by atoms with van der Waals surface area (Å²) in [4.78, 5) is 31.2. The lowest BCUT2D eigenvalue weighted by molar-refractivity contribution is 0.0939. The van der Waals surface area contributed by atoms with Gasteiger partial charge >= 0.3 is 0 Å². The number of fused-ring (bicyclic) bond motifs is 1. The molecular formula is C19H19N3O3. The van der Waals surface area contributed by atoms with Crippen LogP contribution in [-0.2, 0) is 0 Å². The molecule has 3 rings (SSSR count). The highest BCUT2D eigenvalue weighted by Crippen LogP contribution is 2.18. The second-order valence-corrected chi connectivity index (χ2v) is 5.76. The Bertz CT molecular complexity index is 922. The standard InChI is InChI=1S/C19H19N3O3/c23-11-10-14(13-6-2-1-3-7-13)12-20-19(25)17-21-16-9-5-4-8-15(16)18(24)22-17/h1-9,14,23H,10-12H2,(H,20,25)(H,21,22,24). The van der Waals surface area contributed by atoms with Crippen LogP contribution in [0.5, 0.6) is 0 Å². The van der Waals surface area contributed by atoms with Crippen LogP contribution in [0.1, 0.15) is 28.5 Å². The zero-order chi connectivity index (χ0) is 17.6. The molecule has 1 aromatic heterocycles. The van der Waals surface area contributed by atoms with E-state index in [-0.39, 0.29) is 23.9 Å². The first-order valence-electron chi connectivity index (χ1n) is 8.12. The maximum Gasteiger partial charge on any atom is 0.287 e. The van der Waals surface area contributed by atoms with Crippen molar-refractivity contribution < 1.29 is 9.90 Å². The number of carbonyl (C=O) groups excluding carboxylic acids is 1. The average molecular weight is 337 g/mol. The van der Waals surface area contributed by atoms with Crippen molar-refractivity contribution in [3.8, 4) is 0 Å². The predicted molar refractivity (Wildman–Crippen MR) is 95.6 cm³/mol. The van der Waals surface area contributed by atoms with Crippen molar-refractivity contribution >= 4 is 16.8 Å². The van der Waals surface area contributed by atoms with Gasteiger partial charge in [-0.25, -0.2) is 4.98 Å². The van der Waals surface area contributed by atoms with Crippen LogP contribution in [0, 0.1) is 0 Å². The van der Waals surface area contributed by atoms with Gasteiger partial charge in [-0.15, -0.1) is 0 Å². The number of hydrogen-bond donors (Lipinski definition) is 3. The normalized spacial score (nSPS) is 12.0. The van der Waals surface area contributed by atoms with Crippen LogP contribution in [0.25, 0.3) is 10.9 Å². The summed E-state index contributed by atoms with van der Waals surface area (Å²) in [7, 11) is 0. The molecule has 0 saturated carbocycles. The number of hydrogen-bond acceptors (Lipinski definition) is 4. The monoisotopic (exact) mass is 337 g/mol. The molecule has 1 atom stereocenters. The van der Waals surface area contributed by atoms with Crippen molar-refractivity contribution in [2.45, 2.75) is 12.3 Å². The zero-order valence-corrected chi connectivity index (χ0v) is 13.6. The molecule has 0 radical (unpaired) electrons. The number of carbonyl (C=O) groups is 1. The highest BCUT2D eigenvalue weighted by molar-refractivity contribution is 5.92. The molecule has 128 valence electrons. The van der Waals surface area contributed by atoms with Crippen LogP contribution in [0.3, 0.4) is 0 Å². The van der Waals surface area contributed by atoms with Crippen molar-refractivity contribution in [3.05, 3.63) is 76.3 Å². The fraction of sp³-hybridized carbons (Fsp3) is 0.211. The van der Waals surface area contributed by atoms with E-state index in [1.165, 1.54) is 0 Å². The first kappa shape index (κ1) is 16.9. The van der Waals surface area contributed by atoms with E-state index in [0.717, 1.165) is 5.56 Å². The van der Waals surface area contributed by atoms with E-state index in [9.17, 15) is 14.7 Å². The molecule has 0 bridgehead atoms. The van der Waals surface area contributed by atoms with E-state index in [2.05, 4.69) is 15.3 Å². The molecule has 1 unspecified atom stereocenters. The molecule has 6 nitrogen and oxygen atoms in total. The van der Waals surface area contributed by atoms with E-state index < -0.39 is 5.91 Å². The van der Waals surface area contributed by atoms with Crippen LogP contribution in [-0.4, -0.2) is 34.1 Å². The molecule has 6 heteroatoms. The van der Waals surface area contributed by atoms with Crippen LogP contribution in [0.4, 0.5) is 0 Å². The number of para-hydroxylation sites is 1. The van der Waals surface area contributed by atoms with Gasteiger partial charge in [0, 0.05) is 19.1 Å². The van der Waals surface area contributed by atoms with Crippen LogP contribution < -0.4 is 10.9 Å². The van der Waals surface area contributed by atoms with Gasteiger partial charge in [-0.05, 0) is 24.1 Å². The van der Waals surface area contributed by atoms with E-state index in [4.69, 9.17) is 0 Å². The number of benzene rings is 2. The topological polar surface area (TPSA) is 95.1 Å². The van der Waals surface area contributed by atoms with E-state index >= 15 is 0 Å². The highest BCUT2D eigenvalue weighted by Gasteiger charge is 2.15. The highest BCUT2D eigenvalue weighted by atomic mass is 16.3. The third kappa shape index (κ3) is 3.92. The number of H-pyrrole nitrogens is 1. The van der Waals surface area contributed by atoms with Gasteiger partial charge < -0.3 is 15.4 Å². The number of aliphatic hydroxyl groups excluding tert-OH is 1. The average Bonchev–Trinajstić information content (AvgIpc) is 2.65. The number of aliphatic hydroxyl groups is 1. The number of aromatic nitrogens is 2. The molecule has 3 N–H and O–H groups in total. The minimum atomic E-state index is -0.443. The van der Waals surface area contributed by atoms with Crippen LogP contribution >= 0.6 is 0 Å². The van der Waals surface area contributed by atoms with Gasteiger partial charge in [0.25, 0.3) is 11.5 Å². The smallest absolute Gasteiger partial charge is 0.287 e. The summed E-state index contributed by atoms with van der Waals surface area (Å²) >= 11 is 0. The fourth-order valence-corrected chi connectivity index (χ4v) is 2.76. The van der Waals surface area contributed by atoms with Crippen molar-refractivity contribution in [1.82, 2.24) is 15.3 Å². The Morgan fingerprint density at radius 1 is 1.12 bits per heavy atom. The van der Waals surface area contributed by atoms with Gasteiger partial charge in [-0.1, -0.05) is 42.5 Å². The lowest BCUT2D eigenvalue weighted by Crippen LogP contribution is -2.31. The van der Waals surface area contributed by atoms with Gasteiger partial charge in [-0.3, -0.25) is 9.59 Å². The zero-order valence-electron chi connectivity index (χ0n) is 13.6. The molecule has 0 aliphatic rings. The lowest BCUT2D eigenvalue weighted by atomic mass is 9.96. The van der Waals surface area contributed by atoms with E-state index in [1.54, 1.807) is 24.3 Å². The van der Waals surface area contributed by atoms with Crippen LogP contribution in [0.2, 0.25) is 0 Å². The Morgan fingerprint density at radius 2 is 1.84 bits per heavy atom. The summed E-state index contributed by atoms with van der Waals surface area (Å²) in [5, 5.41) is 12.5. The van der Waals surface area contributed by atoms with Gasteiger partial charge in [-0.2, -0.15) is 0 Å². The van der Waals surface area contributed by atoms with Gasteiger partial charge in [0.15, 0.2) is 5.82 Å². The minimum Gasteiger partial charge on any atom is -0.396 e. The fourth-order valence-electron chi connectivity index (χ4n) is 2.76. The molecule has 0 aliphatic carbocycles. The summed E-state index contributed by atoms with van der Waals surface area (Å²) in [6, 6.07) is 16.6. The molecule has 0 aliphatic heterocycles. The Kier molecular flexibility index (Phi) is 5.20. The molecule has 0 fully saturated rings. The van der Waals surface area contributed by atoms with E-state index in [0.29, 0.717) is 23.9 Å². The van der Waals surface area contributed by atoms with Crippen molar-refractivity contribution in [2.75, 3.05) is 13.2 Å². The Balaban J connectivity index is 1.76. The number of amides is 1. The van der Waals surface area contributed by atoms with Gasteiger partial charge in [0.05, 0.1) is 10.9 Å². The van der Waals surface area contributed by atoms with Crippen molar-refractivity contribution in [1.29, 1.82) is 0 Å². The molecule has 0 spiro atoms. The molecule has 25 heavy (non-hydrogen) atoms. The molecule has 2 aromatic carbocycles. The Hall–Kier alpha value is -2.99. The number of rotatable bonds is 6. The summed E-state index contributed by atoms with van der Waals surface area (Å²) in [5.74, 6) is -0.469. The molecule has 1 amide bonds. The second kappa shape index (κ2) is 7.72. The summed E-state index contributed by atoms with van der Waals surface area (Å²) in [5.41, 5.74) is 1.17. The molecule has 3 aromatic rings. The first-order valence-corrected chi connectivity index (χ1v) is 8.12. The number of nitrogens with zero attached hydrogens (tertiary/aromatic N) is 1. The van der Waals surface area contributed by atoms with Gasteiger partial charge in [0.2, 0.25) is 0 Å². The summed E-state index contributed by atoms with van der Waals surface area (Å²) in [6.45, 7) is 0.375. The lowest BCUT2D eigenvalue weighted by Gasteiger charge is -2.17. The largest absolute Gasteiger partial charge is 0.396 e. The number of aromatic amines is 1. The van der Waals surface area contributed by atoms with Crippen molar-refractivity contribution in [3.63, 3.8) is 0 Å². The molecule has 0 saturated heterocycles. The second-order valence-electron chi connectivity index (χ2n) is 5.76. The Labute approximate surface area is 144 Å². The number of nitrogens with one attached hydrogen (secondary N) is 2. The van der Waals surface area contributed by atoms with Gasteiger partial charge in [0.1, 0.15) is 0 Å². The molecule has 1 heterocycles. The third-order valence-corrected chi connectivity index (χ3v) is 4.09. The SMILES string of the molecule is O=C(NCC(CCO)c1ccccc1)c1nc2ccccc2c(=O)[nH]1. The summed E-state index contributed by atoms with van der Waals surface area (Å²) in [6.07, 6.45) is 0.534. The van der Waals surface area contributed by atoms with Crippen molar-refractivity contribution in [2.24, 2.45) is 0 Å². The predicted octanol–water partition coefficient (Wildman–Crippen LogP) is 1.82.